The van der Waals surface area contributed by atoms with Gasteiger partial charge in [-0.3, -0.25) is 0 Å². The molecule has 46 N–H and O–H groups in total. The molecule has 0 spiro atoms. The van der Waals surface area contributed by atoms with Crippen LogP contribution in [0.15, 0.2) is 0 Å². The van der Waals surface area contributed by atoms with E-state index in [1.165, 1.54) is 0 Å². The van der Waals surface area contributed by atoms with E-state index in [0.717, 1.165) is 0 Å². The molecule has 48 heteroatoms. The molecule has 0 saturated carbocycles. The predicted molar refractivity (Wildman–Crippen MR) is 95.6 cm³/mol. The molecule has 48 heavy (non-hydrogen) atoms. The fourth-order valence-corrected chi connectivity index (χ4v) is 0. The average Bonchev–Trinajstić information content (AvgIpc) is 2.14. The first kappa shape index (κ1) is 183. The van der Waals surface area contributed by atoms with Gasteiger partial charge in [-0.2, -0.15) is 0 Å². The summed E-state index contributed by atoms with van der Waals surface area (Å²) < 4.78 is 199. The second-order valence-electron chi connectivity index (χ2n) is 2.16. The monoisotopic (exact) mass is 1380 g/mol. The molecule has 0 saturated heterocycles. The minimum absolute atomic E-state index is 0. The van der Waals surface area contributed by atoms with Crippen LogP contribution >= 0.6 is 0 Å². The summed E-state index contributed by atoms with van der Waals surface area (Å²) in [7, 11) is 0. The second-order valence-corrected chi connectivity index (χ2v) is 12.8. The summed E-state index contributed by atoms with van der Waals surface area (Å²) in [5, 5.41) is 0. The summed E-state index contributed by atoms with van der Waals surface area (Å²) in [5.41, 5.74) is 0. The van der Waals surface area contributed by atoms with Gasteiger partial charge in [0.05, 0.1) is 0 Å². The number of hydrogen-bond donors (Lipinski definition) is 12. The van der Waals surface area contributed by atoms with E-state index >= 15 is 0 Å². The number of hydrogen-bond acceptors (Lipinski definition) is 24. The van der Waals surface area contributed by atoms with E-state index in [-0.39, 0.29) is 97.1 Å². The molecule has 0 unspecified atom stereocenters. The summed E-state index contributed by atoms with van der Waals surface area (Å²) in [4.78, 5) is 0. The summed E-state index contributed by atoms with van der Waals surface area (Å²) >= 11 is -33.0. The molecule has 41 nitrogen and oxygen atoms in total. The normalized spacial score (nSPS) is 5.62. The fraction of sp³-hybridized carbons (Fsp3) is 0. The van der Waals surface area contributed by atoms with Crippen molar-refractivity contribution in [1.29, 1.82) is 0 Å². The molecular formula is H46Mo7N6O35. The third-order valence-corrected chi connectivity index (χ3v) is 0. The molecule has 0 heterocycles. The van der Waals surface area contributed by atoms with Crippen LogP contribution in [0.3, 0.4) is 0 Å². The van der Waals surface area contributed by atoms with Crippen LogP contribution in [0.25, 0.3) is 0 Å². The second kappa shape index (κ2) is 110. The van der Waals surface area contributed by atoms with Crippen LogP contribution in [-0.2, 0) is 180 Å². The third-order valence-electron chi connectivity index (χ3n) is 0. The Morgan fingerprint density at radius 3 is 0.229 bits per heavy atom. The Labute approximate surface area is 297 Å². The zero-order chi connectivity index (χ0) is 27.8. The maximum atomic E-state index is 8.85. The molecule has 0 aliphatic heterocycles. The molecule has 0 fully saturated rings. The van der Waals surface area contributed by atoms with Crippen LogP contribution in [0.2, 0.25) is 0 Å². The van der Waals surface area contributed by atoms with Crippen LogP contribution in [0.5, 0.6) is 0 Å². The van der Waals surface area contributed by atoms with Crippen molar-refractivity contribution >= 4 is 0 Å². The molecule has 0 radical (unpaired) electrons. The minimum atomic E-state index is -5.52. The van der Waals surface area contributed by atoms with Crippen LogP contribution in [-0.4, -0.2) is 82.8 Å². The van der Waals surface area contributed by atoms with Crippen molar-refractivity contribution in [2.75, 3.05) is 0 Å². The standard InChI is InChI=1S/7Mo.6H3N.17H2O.18O/h;;;;;;;6*1H3;17*1H2;;;;;;;;;;;;;;;;;;/q;;;;3*+2;;;;;;;;;;;;;;;;;;;;;;;;;;;;;;;;;;;;;;;;;/p-6. The maximum absolute atomic E-state index is 8.85. The van der Waals surface area contributed by atoms with E-state index in [0.29, 0.717) is 0 Å². The molecule has 0 atom stereocenters. The van der Waals surface area contributed by atoms with E-state index in [1.54, 1.807) is 0 Å². The van der Waals surface area contributed by atoms with Gasteiger partial charge in [0.15, 0.2) is 0 Å². The topological polar surface area (TPSA) is 985 Å². The van der Waals surface area contributed by atoms with Crippen molar-refractivity contribution in [1.82, 2.24) is 36.9 Å². The van der Waals surface area contributed by atoms with Crippen molar-refractivity contribution in [3.63, 3.8) is 0 Å². The Bertz CT molecular complexity index is 979. The van der Waals surface area contributed by atoms with Crippen LogP contribution in [0.4, 0.5) is 0 Å². The van der Waals surface area contributed by atoms with E-state index in [1.807, 2.05) is 0 Å². The van der Waals surface area contributed by atoms with E-state index in [4.69, 9.17) is 83.7 Å². The first-order chi connectivity index (χ1) is 12.9. The Balaban J connectivity index is -0.00000000602. The third kappa shape index (κ3) is 1070000. The van der Waals surface area contributed by atoms with Crippen molar-refractivity contribution in [3.05, 3.63) is 0 Å². The van der Waals surface area contributed by atoms with Gasteiger partial charge < -0.3 is 97.1 Å². The van der Waals surface area contributed by atoms with Crippen molar-refractivity contribution in [3.8, 4) is 0 Å². The quantitative estimate of drug-likeness (QED) is 0.100. The van der Waals surface area contributed by atoms with Gasteiger partial charge >= 0.3 is 203 Å². The van der Waals surface area contributed by atoms with Crippen molar-refractivity contribution in [2.45, 2.75) is 0 Å². The van der Waals surface area contributed by atoms with E-state index < -0.39 is 119 Å². The SMILES string of the molecule is N.N.N.N.N.N.O.O.O.O.O.O.O.O.O.O.O.[O]=[Mo](=[O])([OH])[OH].[O]=[Mo](=[O])([OH])[OH].[O]=[Mo](=[O])([OH])[OH].[O]=[Mo](=[O])=[O].[O]=[Mo](=[O])=[O].[O]=[Mo](=[O])=[O].[O]=[Mo](=[O])=[O]. The van der Waals surface area contributed by atoms with Crippen molar-refractivity contribution in [2.24, 2.45) is 0 Å². The van der Waals surface area contributed by atoms with Gasteiger partial charge in [-0.05, 0) is 0 Å². The van der Waals surface area contributed by atoms with Gasteiger partial charge in [-0.1, -0.05) is 0 Å². The fourth-order valence-electron chi connectivity index (χ4n) is 0. The van der Waals surface area contributed by atoms with Gasteiger partial charge in [0, 0.05) is 0 Å². The molecule has 328 valence electrons. The van der Waals surface area contributed by atoms with Gasteiger partial charge in [0.25, 0.3) is 0 Å². The Hall–Kier alpha value is 0.298. The predicted octanol–water partition coefficient (Wildman–Crippen LogP) is -13.6. The molecular weight excluding hydrogens is 1320 g/mol. The zero-order valence-electron chi connectivity index (χ0n) is 22.6. The van der Waals surface area contributed by atoms with Gasteiger partial charge in [0.2, 0.25) is 0 Å². The molecule has 0 rings (SSSR count). The van der Waals surface area contributed by atoms with Gasteiger partial charge in [0.1, 0.15) is 0 Å². The van der Waals surface area contributed by atoms with E-state index in [9.17, 15) is 0 Å². The Morgan fingerprint density at radius 2 is 0.229 bits per heavy atom. The Morgan fingerprint density at radius 1 is 0.229 bits per heavy atom. The summed E-state index contributed by atoms with van der Waals surface area (Å²) in [6.45, 7) is 0. The first-order valence-electron chi connectivity index (χ1n) is 4.10. The van der Waals surface area contributed by atoms with Crippen LogP contribution in [0, 0.1) is 0 Å². The van der Waals surface area contributed by atoms with E-state index in [2.05, 4.69) is 0 Å². The number of rotatable bonds is 0. The van der Waals surface area contributed by atoms with Gasteiger partial charge in [-0.25, -0.2) is 0 Å². The average molecular weight is 1360 g/mol. The molecule has 0 aliphatic rings. The summed E-state index contributed by atoms with van der Waals surface area (Å²) in [5.74, 6) is 0. The molecule has 0 aromatic heterocycles. The van der Waals surface area contributed by atoms with Crippen LogP contribution in [0.1, 0.15) is 0 Å². The van der Waals surface area contributed by atoms with Crippen LogP contribution < -0.4 is 36.9 Å². The zero-order valence-corrected chi connectivity index (χ0v) is 36.7. The first-order valence-corrected chi connectivity index (χ1v) is 24.2. The summed E-state index contributed by atoms with van der Waals surface area (Å²) in [6, 6.07) is 0. The molecule has 0 bridgehead atoms. The molecule has 0 amide bonds. The molecule has 0 aromatic carbocycles. The molecule has 0 aromatic rings. The van der Waals surface area contributed by atoms with Crippen molar-refractivity contribution < 1.29 is 263 Å². The molecule has 0 aliphatic carbocycles. The Kier molecular flexibility index (Phi) is 421. The van der Waals surface area contributed by atoms with Gasteiger partial charge in [-0.15, -0.1) is 0 Å². The summed E-state index contributed by atoms with van der Waals surface area (Å²) in [6.07, 6.45) is 0.